The predicted octanol–water partition coefficient (Wildman–Crippen LogP) is 2.42. The van der Waals surface area contributed by atoms with Gasteiger partial charge in [-0.3, -0.25) is 4.72 Å². The molecule has 3 N–H and O–H groups in total. The number of rotatable bonds is 6. The van der Waals surface area contributed by atoms with Crippen molar-refractivity contribution in [1.82, 2.24) is 4.98 Å². The molecule has 20 heavy (non-hydrogen) atoms. The van der Waals surface area contributed by atoms with Crippen LogP contribution in [0.5, 0.6) is 0 Å². The first-order valence-corrected chi connectivity index (χ1v) is 8.82. The van der Waals surface area contributed by atoms with Crippen LogP contribution >= 0.6 is 11.3 Å². The average molecular weight is 311 g/mol. The normalized spacial score (nSPS) is 11.5. The molecular formula is C13H17N3O2S2. The Morgan fingerprint density at radius 1 is 1.30 bits per heavy atom. The molecule has 0 spiro atoms. The van der Waals surface area contributed by atoms with E-state index in [1.54, 1.807) is 0 Å². The number of thiazole rings is 1. The maximum atomic E-state index is 11.7. The molecule has 1 heterocycles. The first-order valence-electron chi connectivity index (χ1n) is 6.29. The van der Waals surface area contributed by atoms with Crippen LogP contribution in [-0.4, -0.2) is 19.2 Å². The molecule has 0 atom stereocenters. The molecule has 0 saturated carbocycles. The summed E-state index contributed by atoms with van der Waals surface area (Å²) in [6, 6.07) is 7.74. The van der Waals surface area contributed by atoms with Gasteiger partial charge in [0.2, 0.25) is 10.0 Å². The molecule has 0 fully saturated rings. The molecule has 0 amide bonds. The molecule has 0 aliphatic carbocycles. The van der Waals surface area contributed by atoms with Crippen LogP contribution < -0.4 is 10.5 Å². The second-order valence-corrected chi connectivity index (χ2v) is 7.06. The Morgan fingerprint density at radius 3 is 2.60 bits per heavy atom. The van der Waals surface area contributed by atoms with Gasteiger partial charge < -0.3 is 5.73 Å². The summed E-state index contributed by atoms with van der Waals surface area (Å²) in [5, 5.41) is 2.23. The van der Waals surface area contributed by atoms with Gasteiger partial charge in [-0.05, 0) is 12.0 Å². The van der Waals surface area contributed by atoms with Crippen LogP contribution in [0.1, 0.15) is 18.9 Å². The van der Waals surface area contributed by atoms with Crippen molar-refractivity contribution in [2.24, 2.45) is 5.73 Å². The number of nitrogens with one attached hydrogen (secondary N) is 1. The number of sulfonamides is 1. The van der Waals surface area contributed by atoms with Gasteiger partial charge in [0.1, 0.15) is 0 Å². The highest BCUT2D eigenvalue weighted by Gasteiger charge is 2.12. The van der Waals surface area contributed by atoms with E-state index in [9.17, 15) is 8.42 Å². The molecule has 108 valence electrons. The Morgan fingerprint density at radius 2 is 2.00 bits per heavy atom. The van der Waals surface area contributed by atoms with E-state index in [0.29, 0.717) is 18.1 Å². The summed E-state index contributed by atoms with van der Waals surface area (Å²) in [5.41, 5.74) is 8.30. The van der Waals surface area contributed by atoms with Gasteiger partial charge in [0.15, 0.2) is 5.13 Å². The van der Waals surface area contributed by atoms with E-state index in [-0.39, 0.29) is 5.75 Å². The zero-order valence-electron chi connectivity index (χ0n) is 11.2. The number of hydrogen-bond donors (Lipinski definition) is 2. The number of nitrogens with two attached hydrogens (primary N) is 1. The highest BCUT2D eigenvalue weighted by molar-refractivity contribution is 7.92. The fraction of sp³-hybridized carbons (Fsp3) is 0.308. The lowest BCUT2D eigenvalue weighted by Gasteiger charge is -2.02. The van der Waals surface area contributed by atoms with Crippen LogP contribution in [0.4, 0.5) is 5.13 Å². The van der Waals surface area contributed by atoms with Crippen LogP contribution in [0.3, 0.4) is 0 Å². The maximum Gasteiger partial charge on any atom is 0.234 e. The Kier molecular flexibility index (Phi) is 4.74. The lowest BCUT2D eigenvalue weighted by Crippen LogP contribution is -2.15. The molecule has 5 nitrogen and oxygen atoms in total. The molecular weight excluding hydrogens is 294 g/mol. The van der Waals surface area contributed by atoms with Gasteiger partial charge >= 0.3 is 0 Å². The van der Waals surface area contributed by atoms with E-state index < -0.39 is 10.0 Å². The predicted molar refractivity (Wildman–Crippen MR) is 83.1 cm³/mol. The summed E-state index contributed by atoms with van der Waals surface area (Å²) < 4.78 is 25.8. The maximum absolute atomic E-state index is 11.7. The van der Waals surface area contributed by atoms with Crippen molar-refractivity contribution < 1.29 is 8.42 Å². The van der Waals surface area contributed by atoms with Gasteiger partial charge in [-0.15, -0.1) is 11.3 Å². The molecule has 1 aromatic heterocycles. The molecule has 0 bridgehead atoms. The quantitative estimate of drug-likeness (QED) is 0.858. The van der Waals surface area contributed by atoms with Crippen molar-refractivity contribution in [3.63, 3.8) is 0 Å². The highest BCUT2D eigenvalue weighted by atomic mass is 32.2. The SMILES string of the molecule is CCCS(=O)(=O)Nc1nc(-c2ccc(CN)cc2)cs1. The van der Waals surface area contributed by atoms with E-state index in [1.807, 2.05) is 36.6 Å². The minimum atomic E-state index is -3.28. The van der Waals surface area contributed by atoms with E-state index in [0.717, 1.165) is 16.8 Å². The Labute approximate surface area is 122 Å². The topological polar surface area (TPSA) is 85.1 Å². The molecule has 0 radical (unpaired) electrons. The van der Waals surface area contributed by atoms with Gasteiger partial charge in [0.05, 0.1) is 11.4 Å². The van der Waals surface area contributed by atoms with Crippen LogP contribution in [0.2, 0.25) is 0 Å². The summed E-state index contributed by atoms with van der Waals surface area (Å²) in [7, 11) is -3.28. The Bertz CT molecular complexity index is 663. The third-order valence-electron chi connectivity index (χ3n) is 2.71. The molecule has 0 aliphatic rings. The lowest BCUT2D eigenvalue weighted by atomic mass is 10.1. The Hall–Kier alpha value is -1.44. The second-order valence-electron chi connectivity index (χ2n) is 4.36. The van der Waals surface area contributed by atoms with E-state index in [2.05, 4.69) is 9.71 Å². The molecule has 2 aromatic rings. The van der Waals surface area contributed by atoms with Crippen LogP contribution in [0.25, 0.3) is 11.3 Å². The summed E-state index contributed by atoms with van der Waals surface area (Å²) in [4.78, 5) is 4.30. The zero-order valence-corrected chi connectivity index (χ0v) is 12.8. The number of hydrogen-bond acceptors (Lipinski definition) is 5. The number of benzene rings is 1. The van der Waals surface area contributed by atoms with Gasteiger partial charge in [-0.25, -0.2) is 13.4 Å². The second kappa shape index (κ2) is 6.34. The smallest absolute Gasteiger partial charge is 0.234 e. The minimum absolute atomic E-state index is 0.104. The van der Waals surface area contributed by atoms with Crippen LogP contribution in [0.15, 0.2) is 29.6 Å². The lowest BCUT2D eigenvalue weighted by molar-refractivity contribution is 0.600. The highest BCUT2D eigenvalue weighted by Crippen LogP contribution is 2.25. The van der Waals surface area contributed by atoms with Crippen LogP contribution in [0, 0.1) is 0 Å². The fourth-order valence-electron chi connectivity index (χ4n) is 1.72. The van der Waals surface area contributed by atoms with Crippen molar-refractivity contribution in [2.75, 3.05) is 10.5 Å². The summed E-state index contributed by atoms with van der Waals surface area (Å²) >= 11 is 1.28. The van der Waals surface area contributed by atoms with Gasteiger partial charge in [-0.1, -0.05) is 31.2 Å². The number of anilines is 1. The molecule has 0 aliphatic heterocycles. The Balaban J connectivity index is 2.16. The van der Waals surface area contributed by atoms with Crippen molar-refractivity contribution in [3.05, 3.63) is 35.2 Å². The first-order chi connectivity index (χ1) is 9.54. The molecule has 1 aromatic carbocycles. The van der Waals surface area contributed by atoms with Gasteiger partial charge in [0, 0.05) is 17.5 Å². The van der Waals surface area contributed by atoms with E-state index >= 15 is 0 Å². The number of aromatic nitrogens is 1. The van der Waals surface area contributed by atoms with Crippen molar-refractivity contribution in [1.29, 1.82) is 0 Å². The summed E-state index contributed by atoms with van der Waals surface area (Å²) in [6.07, 6.45) is 0.577. The van der Waals surface area contributed by atoms with Crippen molar-refractivity contribution in [2.45, 2.75) is 19.9 Å². The van der Waals surface area contributed by atoms with Crippen molar-refractivity contribution in [3.8, 4) is 11.3 Å². The minimum Gasteiger partial charge on any atom is -0.326 e. The molecule has 0 saturated heterocycles. The number of nitrogens with zero attached hydrogens (tertiary/aromatic N) is 1. The fourth-order valence-corrected chi connectivity index (χ4v) is 3.81. The third kappa shape index (κ3) is 3.78. The first kappa shape index (κ1) is 15.0. The van der Waals surface area contributed by atoms with Crippen molar-refractivity contribution >= 4 is 26.5 Å². The van der Waals surface area contributed by atoms with Gasteiger partial charge in [0.25, 0.3) is 0 Å². The van der Waals surface area contributed by atoms with E-state index in [1.165, 1.54) is 11.3 Å². The largest absolute Gasteiger partial charge is 0.326 e. The summed E-state index contributed by atoms with van der Waals surface area (Å²) in [5.74, 6) is 0.104. The van der Waals surface area contributed by atoms with Crippen LogP contribution in [-0.2, 0) is 16.6 Å². The molecule has 2 rings (SSSR count). The monoisotopic (exact) mass is 311 g/mol. The van der Waals surface area contributed by atoms with E-state index in [4.69, 9.17) is 5.73 Å². The standard InChI is InChI=1S/C13H17N3O2S2/c1-2-7-20(17,18)16-13-15-12(9-19-13)11-5-3-10(8-14)4-6-11/h3-6,9H,2,7-8,14H2,1H3,(H,15,16). The average Bonchev–Trinajstić information content (AvgIpc) is 2.86. The zero-order chi connectivity index (χ0) is 14.6. The third-order valence-corrected chi connectivity index (χ3v) is 5.04. The molecule has 7 heteroatoms. The summed E-state index contributed by atoms with van der Waals surface area (Å²) in [6.45, 7) is 2.32. The molecule has 0 unspecified atom stereocenters. The van der Waals surface area contributed by atoms with Gasteiger partial charge in [-0.2, -0.15) is 0 Å².